The second kappa shape index (κ2) is 12.1. The lowest BCUT2D eigenvalue weighted by Gasteiger charge is -2.11. The molecule has 3 N–H and O–H groups in total. The van der Waals surface area contributed by atoms with E-state index < -0.39 is 30.3 Å². The zero-order valence-electron chi connectivity index (χ0n) is 16.7. The van der Waals surface area contributed by atoms with Crippen molar-refractivity contribution in [2.75, 3.05) is 11.9 Å². The molecule has 2 rings (SSSR count). The Morgan fingerprint density at radius 3 is 2.35 bits per heavy atom. The van der Waals surface area contributed by atoms with Crippen LogP contribution in [0.2, 0.25) is 5.02 Å². The van der Waals surface area contributed by atoms with Crippen LogP contribution in [0.25, 0.3) is 0 Å². The standard InChI is InChI=1S/C21H21BrClN3O5/c1-2-13-11-15(22)5-8-17(13)24-19(28)12-31-20(29)10-9-18(27)25-26-21(30)14-3-6-16(23)7-4-14/h3-8,11H,2,9-10,12H2,1H3,(H,24,28)(H,25,27)(H,26,30). The molecule has 0 saturated carbocycles. The molecule has 0 aliphatic carbocycles. The van der Waals surface area contributed by atoms with Gasteiger partial charge in [0.1, 0.15) is 0 Å². The quantitative estimate of drug-likeness (QED) is 0.372. The number of carbonyl (C=O) groups excluding carboxylic acids is 4. The van der Waals surface area contributed by atoms with Crippen molar-refractivity contribution in [3.63, 3.8) is 0 Å². The number of halogens is 2. The first kappa shape index (κ1) is 24.4. The molecule has 0 aliphatic heterocycles. The van der Waals surface area contributed by atoms with Gasteiger partial charge in [-0.1, -0.05) is 34.5 Å². The molecule has 0 bridgehead atoms. The molecule has 0 radical (unpaired) electrons. The number of amides is 3. The molecule has 8 nitrogen and oxygen atoms in total. The number of aryl methyl sites for hydroxylation is 1. The van der Waals surface area contributed by atoms with E-state index in [0.717, 1.165) is 16.5 Å². The number of anilines is 1. The Morgan fingerprint density at radius 1 is 0.968 bits per heavy atom. The first-order valence-electron chi connectivity index (χ1n) is 9.37. The van der Waals surface area contributed by atoms with Crippen LogP contribution >= 0.6 is 27.5 Å². The summed E-state index contributed by atoms with van der Waals surface area (Å²) in [4.78, 5) is 47.4. The van der Waals surface area contributed by atoms with Crippen LogP contribution in [0.15, 0.2) is 46.9 Å². The van der Waals surface area contributed by atoms with Crippen molar-refractivity contribution in [3.8, 4) is 0 Å². The number of ether oxygens (including phenoxy) is 1. The summed E-state index contributed by atoms with van der Waals surface area (Å²) in [5.74, 6) is -2.29. The Morgan fingerprint density at radius 2 is 1.68 bits per heavy atom. The fourth-order valence-corrected chi connectivity index (χ4v) is 2.99. The van der Waals surface area contributed by atoms with Gasteiger partial charge in [-0.05, 0) is 54.4 Å². The molecule has 0 saturated heterocycles. The van der Waals surface area contributed by atoms with Crippen molar-refractivity contribution in [2.45, 2.75) is 26.2 Å². The van der Waals surface area contributed by atoms with E-state index in [1.165, 1.54) is 12.1 Å². The normalized spacial score (nSPS) is 10.2. The second-order valence-electron chi connectivity index (χ2n) is 6.37. The summed E-state index contributed by atoms with van der Waals surface area (Å²) >= 11 is 9.12. The molecule has 3 amide bonds. The van der Waals surface area contributed by atoms with Gasteiger partial charge in [0.2, 0.25) is 5.91 Å². The van der Waals surface area contributed by atoms with Gasteiger partial charge in [0, 0.05) is 27.2 Å². The summed E-state index contributed by atoms with van der Waals surface area (Å²) in [5.41, 5.74) is 6.33. The smallest absolute Gasteiger partial charge is 0.306 e. The Kier molecular flexibility index (Phi) is 9.48. The minimum absolute atomic E-state index is 0.214. The molecule has 0 spiro atoms. The van der Waals surface area contributed by atoms with E-state index in [0.29, 0.717) is 16.3 Å². The molecule has 2 aromatic rings. The Labute approximate surface area is 192 Å². The second-order valence-corrected chi connectivity index (χ2v) is 7.73. The number of nitrogens with one attached hydrogen (secondary N) is 3. The van der Waals surface area contributed by atoms with Crippen LogP contribution < -0.4 is 16.2 Å². The molecule has 0 heterocycles. The number of esters is 1. The van der Waals surface area contributed by atoms with E-state index in [1.54, 1.807) is 24.3 Å². The van der Waals surface area contributed by atoms with Gasteiger partial charge in [0.15, 0.2) is 6.61 Å². The lowest BCUT2D eigenvalue weighted by molar-refractivity contribution is -0.148. The molecule has 164 valence electrons. The van der Waals surface area contributed by atoms with E-state index in [9.17, 15) is 19.2 Å². The topological polar surface area (TPSA) is 114 Å². The van der Waals surface area contributed by atoms with Gasteiger partial charge in [-0.15, -0.1) is 0 Å². The number of hydrogen-bond acceptors (Lipinski definition) is 5. The van der Waals surface area contributed by atoms with Crippen molar-refractivity contribution < 1.29 is 23.9 Å². The van der Waals surface area contributed by atoms with Gasteiger partial charge in [-0.3, -0.25) is 30.0 Å². The van der Waals surface area contributed by atoms with Crippen LogP contribution in [0.4, 0.5) is 5.69 Å². The fourth-order valence-electron chi connectivity index (χ4n) is 2.46. The molecule has 0 aliphatic rings. The predicted octanol–water partition coefficient (Wildman–Crippen LogP) is 3.39. The highest BCUT2D eigenvalue weighted by molar-refractivity contribution is 9.10. The largest absolute Gasteiger partial charge is 0.456 e. The van der Waals surface area contributed by atoms with Gasteiger partial charge in [0.05, 0.1) is 6.42 Å². The van der Waals surface area contributed by atoms with Crippen molar-refractivity contribution in [3.05, 3.63) is 63.1 Å². The molecular weight excluding hydrogens is 490 g/mol. The van der Waals surface area contributed by atoms with Crippen LogP contribution in [0.5, 0.6) is 0 Å². The summed E-state index contributed by atoms with van der Waals surface area (Å²) in [6.45, 7) is 1.49. The average Bonchev–Trinajstić information content (AvgIpc) is 2.76. The van der Waals surface area contributed by atoms with Crippen molar-refractivity contribution in [1.82, 2.24) is 10.9 Å². The average molecular weight is 511 g/mol. The van der Waals surface area contributed by atoms with Gasteiger partial charge in [-0.2, -0.15) is 0 Å². The molecule has 0 aromatic heterocycles. The molecule has 31 heavy (non-hydrogen) atoms. The van der Waals surface area contributed by atoms with Crippen LogP contribution in [0.3, 0.4) is 0 Å². The van der Waals surface area contributed by atoms with Crippen LogP contribution in [0.1, 0.15) is 35.7 Å². The van der Waals surface area contributed by atoms with E-state index >= 15 is 0 Å². The lowest BCUT2D eigenvalue weighted by atomic mass is 10.1. The molecule has 10 heteroatoms. The van der Waals surface area contributed by atoms with E-state index in [-0.39, 0.29) is 12.8 Å². The maximum absolute atomic E-state index is 12.0. The zero-order valence-corrected chi connectivity index (χ0v) is 19.0. The van der Waals surface area contributed by atoms with Crippen LogP contribution in [-0.4, -0.2) is 30.3 Å². The van der Waals surface area contributed by atoms with E-state index in [1.807, 2.05) is 13.0 Å². The van der Waals surface area contributed by atoms with Gasteiger partial charge in [0.25, 0.3) is 11.8 Å². The van der Waals surface area contributed by atoms with E-state index in [4.69, 9.17) is 16.3 Å². The number of hydrogen-bond donors (Lipinski definition) is 3. The maximum atomic E-state index is 12.0. The Balaban J connectivity index is 1.68. The maximum Gasteiger partial charge on any atom is 0.306 e. The fraction of sp³-hybridized carbons (Fsp3) is 0.238. The third-order valence-corrected chi connectivity index (χ3v) is 4.81. The summed E-state index contributed by atoms with van der Waals surface area (Å²) < 4.78 is 5.79. The Hall–Kier alpha value is -2.91. The van der Waals surface area contributed by atoms with Gasteiger partial charge >= 0.3 is 5.97 Å². The van der Waals surface area contributed by atoms with Crippen molar-refractivity contribution in [2.24, 2.45) is 0 Å². The highest BCUT2D eigenvalue weighted by Gasteiger charge is 2.13. The van der Waals surface area contributed by atoms with E-state index in [2.05, 4.69) is 32.1 Å². The monoisotopic (exact) mass is 509 g/mol. The van der Waals surface area contributed by atoms with Crippen LogP contribution in [-0.2, 0) is 25.5 Å². The van der Waals surface area contributed by atoms with Crippen molar-refractivity contribution in [1.29, 1.82) is 0 Å². The number of rotatable bonds is 8. The first-order valence-corrected chi connectivity index (χ1v) is 10.5. The SMILES string of the molecule is CCc1cc(Br)ccc1NC(=O)COC(=O)CCC(=O)NNC(=O)c1ccc(Cl)cc1. The minimum Gasteiger partial charge on any atom is -0.456 e. The summed E-state index contributed by atoms with van der Waals surface area (Å²) in [5, 5.41) is 3.17. The minimum atomic E-state index is -0.708. The number of carbonyl (C=O) groups is 4. The number of hydrazine groups is 1. The highest BCUT2D eigenvalue weighted by Crippen LogP contribution is 2.21. The first-order chi connectivity index (χ1) is 14.8. The molecule has 0 unspecified atom stereocenters. The third-order valence-electron chi connectivity index (χ3n) is 4.06. The van der Waals surface area contributed by atoms with Crippen molar-refractivity contribution >= 4 is 56.9 Å². The molecular formula is C21H21BrClN3O5. The van der Waals surface area contributed by atoms with Gasteiger partial charge in [-0.25, -0.2) is 0 Å². The summed E-state index contributed by atoms with van der Waals surface area (Å²) in [6.07, 6.45) is 0.265. The van der Waals surface area contributed by atoms with Crippen LogP contribution in [0, 0.1) is 0 Å². The predicted molar refractivity (Wildman–Crippen MR) is 119 cm³/mol. The summed E-state index contributed by atoms with van der Waals surface area (Å²) in [7, 11) is 0. The molecule has 0 atom stereocenters. The molecule has 2 aromatic carbocycles. The zero-order chi connectivity index (χ0) is 22.8. The lowest BCUT2D eigenvalue weighted by Crippen LogP contribution is -2.41. The summed E-state index contributed by atoms with van der Waals surface area (Å²) in [6, 6.07) is 11.5. The molecule has 0 fully saturated rings. The van der Waals surface area contributed by atoms with Gasteiger partial charge < -0.3 is 10.1 Å². The third kappa shape index (κ3) is 8.39. The highest BCUT2D eigenvalue weighted by atomic mass is 79.9. The Bertz CT molecular complexity index is 966. The number of benzene rings is 2.